The molecule has 4 aromatic rings. The number of pyridine rings is 1. The summed E-state index contributed by atoms with van der Waals surface area (Å²) in [6.07, 6.45) is 1.58. The Balaban J connectivity index is 1.64. The van der Waals surface area contributed by atoms with Crippen molar-refractivity contribution in [3.05, 3.63) is 82.8 Å². The van der Waals surface area contributed by atoms with E-state index in [1.165, 1.54) is 12.1 Å². The summed E-state index contributed by atoms with van der Waals surface area (Å²) in [5.74, 6) is -0.568. The molecular weight excluding hydrogens is 365 g/mol. The van der Waals surface area contributed by atoms with Gasteiger partial charge in [0.1, 0.15) is 11.5 Å². The van der Waals surface area contributed by atoms with Crippen molar-refractivity contribution in [2.24, 2.45) is 0 Å². The topological polar surface area (TPSA) is 57.8 Å². The number of hydrogen-bond donors (Lipinski definition) is 2. The summed E-state index contributed by atoms with van der Waals surface area (Å²) in [4.78, 5) is 20.1. The van der Waals surface area contributed by atoms with Gasteiger partial charge in [-0.15, -0.1) is 0 Å². The summed E-state index contributed by atoms with van der Waals surface area (Å²) >= 11 is 6.16. The van der Waals surface area contributed by atoms with Crippen molar-refractivity contribution in [1.29, 1.82) is 0 Å². The molecule has 1 amide bonds. The predicted octanol–water partition coefficient (Wildman–Crippen LogP) is 5.58. The van der Waals surface area contributed by atoms with Gasteiger partial charge in [-0.25, -0.2) is 9.37 Å². The molecule has 0 radical (unpaired) electrons. The third-order valence-corrected chi connectivity index (χ3v) is 4.65. The van der Waals surface area contributed by atoms with Crippen molar-refractivity contribution >= 4 is 34.2 Å². The van der Waals surface area contributed by atoms with Crippen LogP contribution in [0.3, 0.4) is 0 Å². The summed E-state index contributed by atoms with van der Waals surface area (Å²) in [6.45, 7) is 1.84. The van der Waals surface area contributed by atoms with Gasteiger partial charge >= 0.3 is 0 Å². The Morgan fingerprint density at radius 3 is 2.67 bits per heavy atom. The molecule has 2 aromatic carbocycles. The van der Waals surface area contributed by atoms with Gasteiger partial charge in [-0.05, 0) is 60.5 Å². The first-order chi connectivity index (χ1) is 13.0. The summed E-state index contributed by atoms with van der Waals surface area (Å²) < 4.78 is 13.1. The Kier molecular flexibility index (Phi) is 4.38. The number of amides is 1. The average Bonchev–Trinajstić information content (AvgIpc) is 3.05. The number of carbonyl (C=O) groups is 1. The lowest BCUT2D eigenvalue weighted by Crippen LogP contribution is -2.14. The Labute approximate surface area is 160 Å². The van der Waals surface area contributed by atoms with Crippen LogP contribution in [0.1, 0.15) is 15.9 Å². The second-order valence-corrected chi connectivity index (χ2v) is 6.64. The van der Waals surface area contributed by atoms with E-state index in [1.54, 1.807) is 30.5 Å². The molecule has 0 saturated carbocycles. The van der Waals surface area contributed by atoms with Crippen molar-refractivity contribution in [3.8, 4) is 11.3 Å². The van der Waals surface area contributed by atoms with Crippen molar-refractivity contribution in [2.75, 3.05) is 5.32 Å². The molecule has 0 aliphatic rings. The second-order valence-electron chi connectivity index (χ2n) is 6.24. The number of aryl methyl sites for hydroxylation is 1. The number of fused-ring (bicyclic) bond motifs is 1. The van der Waals surface area contributed by atoms with E-state index in [0.29, 0.717) is 21.9 Å². The third kappa shape index (κ3) is 3.41. The van der Waals surface area contributed by atoms with Gasteiger partial charge in [-0.2, -0.15) is 0 Å². The van der Waals surface area contributed by atoms with E-state index >= 15 is 0 Å². The molecule has 0 aliphatic carbocycles. The molecule has 2 N–H and O–H groups in total. The average molecular weight is 380 g/mol. The maximum absolute atomic E-state index is 13.1. The number of rotatable bonds is 3. The number of carbonyl (C=O) groups excluding carboxylic acids is 1. The molecule has 0 spiro atoms. The summed E-state index contributed by atoms with van der Waals surface area (Å²) in [7, 11) is 0. The van der Waals surface area contributed by atoms with E-state index in [2.05, 4.69) is 15.3 Å². The lowest BCUT2D eigenvalue weighted by molar-refractivity contribution is 0.102. The van der Waals surface area contributed by atoms with Crippen molar-refractivity contribution in [3.63, 3.8) is 0 Å². The number of nitrogens with zero attached hydrogens (tertiary/aromatic N) is 1. The van der Waals surface area contributed by atoms with Gasteiger partial charge in [0.05, 0.1) is 22.5 Å². The van der Waals surface area contributed by atoms with Gasteiger partial charge in [0.25, 0.3) is 5.91 Å². The molecule has 2 heterocycles. The van der Waals surface area contributed by atoms with Crippen LogP contribution in [0.4, 0.5) is 10.1 Å². The lowest BCUT2D eigenvalue weighted by atomic mass is 10.1. The number of hydrogen-bond acceptors (Lipinski definition) is 2. The number of aromatic nitrogens is 2. The van der Waals surface area contributed by atoms with Crippen LogP contribution in [0.25, 0.3) is 22.3 Å². The third-order valence-electron chi connectivity index (χ3n) is 4.33. The number of benzene rings is 2. The quantitative estimate of drug-likeness (QED) is 0.488. The van der Waals surface area contributed by atoms with E-state index in [1.807, 2.05) is 25.1 Å². The van der Waals surface area contributed by atoms with Gasteiger partial charge in [0.15, 0.2) is 0 Å². The molecule has 27 heavy (non-hydrogen) atoms. The molecule has 0 bridgehead atoms. The lowest BCUT2D eigenvalue weighted by Gasteiger charge is -2.09. The molecule has 134 valence electrons. The summed E-state index contributed by atoms with van der Waals surface area (Å²) in [6, 6.07) is 15.3. The van der Waals surface area contributed by atoms with E-state index in [-0.39, 0.29) is 11.7 Å². The van der Waals surface area contributed by atoms with Crippen LogP contribution >= 0.6 is 11.6 Å². The monoisotopic (exact) mass is 379 g/mol. The van der Waals surface area contributed by atoms with Crippen molar-refractivity contribution < 1.29 is 9.18 Å². The molecule has 4 nitrogen and oxygen atoms in total. The Hall–Kier alpha value is -3.18. The normalized spacial score (nSPS) is 10.9. The van der Waals surface area contributed by atoms with Crippen LogP contribution in [0.15, 0.2) is 60.8 Å². The van der Waals surface area contributed by atoms with Gasteiger partial charge in [-0.1, -0.05) is 23.7 Å². The Bertz CT molecular complexity index is 1130. The molecule has 0 unspecified atom stereocenters. The minimum Gasteiger partial charge on any atom is -0.339 e. The zero-order valence-corrected chi connectivity index (χ0v) is 15.1. The first-order valence-corrected chi connectivity index (χ1v) is 8.70. The zero-order valence-electron chi connectivity index (χ0n) is 14.4. The predicted molar refractivity (Wildman–Crippen MR) is 106 cm³/mol. The molecular formula is C21H15ClFN3O. The van der Waals surface area contributed by atoms with Crippen molar-refractivity contribution in [1.82, 2.24) is 9.97 Å². The van der Waals surface area contributed by atoms with Crippen LogP contribution in [-0.2, 0) is 0 Å². The highest BCUT2D eigenvalue weighted by Gasteiger charge is 2.14. The molecule has 0 atom stereocenters. The summed E-state index contributed by atoms with van der Waals surface area (Å²) in [5, 5.41) is 4.08. The van der Waals surface area contributed by atoms with E-state index in [9.17, 15) is 9.18 Å². The van der Waals surface area contributed by atoms with Crippen LogP contribution in [-0.4, -0.2) is 15.9 Å². The van der Waals surface area contributed by atoms with Crippen LogP contribution < -0.4 is 5.32 Å². The van der Waals surface area contributed by atoms with Gasteiger partial charge in [-0.3, -0.25) is 4.79 Å². The molecule has 4 rings (SSSR count). The van der Waals surface area contributed by atoms with Crippen LogP contribution in [0.2, 0.25) is 5.02 Å². The van der Waals surface area contributed by atoms with Gasteiger partial charge < -0.3 is 10.3 Å². The fourth-order valence-electron chi connectivity index (χ4n) is 2.98. The van der Waals surface area contributed by atoms with Gasteiger partial charge in [0.2, 0.25) is 0 Å². The molecule has 0 fully saturated rings. The Morgan fingerprint density at radius 2 is 1.93 bits per heavy atom. The first-order valence-electron chi connectivity index (χ1n) is 8.32. The maximum atomic E-state index is 13.1. The van der Waals surface area contributed by atoms with Crippen LogP contribution in [0.5, 0.6) is 0 Å². The number of nitrogens with one attached hydrogen (secondary N) is 2. The molecule has 0 saturated heterocycles. The molecule has 6 heteroatoms. The second kappa shape index (κ2) is 6.85. The highest BCUT2D eigenvalue weighted by atomic mass is 35.5. The first kappa shape index (κ1) is 17.2. The number of H-pyrrole nitrogens is 1. The number of aromatic amines is 1. The fourth-order valence-corrected chi connectivity index (χ4v) is 3.29. The maximum Gasteiger partial charge on any atom is 0.257 e. The highest BCUT2D eigenvalue weighted by molar-refractivity contribution is 6.34. The smallest absolute Gasteiger partial charge is 0.257 e. The standard InChI is InChI=1S/C21H15ClFN3O/c1-12-3-2-4-17(22)19(12)21(27)25-16-9-14-10-18(26-20(14)24-11-16)13-5-7-15(23)8-6-13/h2-11H,1H3,(H,24,26)(H,25,27). The Morgan fingerprint density at radius 1 is 1.15 bits per heavy atom. The van der Waals surface area contributed by atoms with E-state index in [4.69, 9.17) is 11.6 Å². The SMILES string of the molecule is Cc1cccc(Cl)c1C(=O)Nc1cnc2[nH]c(-c3ccc(F)cc3)cc2c1. The fraction of sp³-hybridized carbons (Fsp3) is 0.0476. The van der Waals surface area contributed by atoms with Crippen LogP contribution in [0, 0.1) is 12.7 Å². The molecule has 2 aromatic heterocycles. The molecule has 0 aliphatic heterocycles. The largest absolute Gasteiger partial charge is 0.339 e. The highest BCUT2D eigenvalue weighted by Crippen LogP contribution is 2.26. The van der Waals surface area contributed by atoms with E-state index < -0.39 is 0 Å². The minimum atomic E-state index is -0.284. The minimum absolute atomic E-state index is 0.284. The van der Waals surface area contributed by atoms with E-state index in [0.717, 1.165) is 22.2 Å². The number of halogens is 2. The zero-order chi connectivity index (χ0) is 19.0. The summed E-state index contributed by atoms with van der Waals surface area (Å²) in [5.41, 5.74) is 4.17. The van der Waals surface area contributed by atoms with Gasteiger partial charge in [0, 0.05) is 11.1 Å². The number of anilines is 1. The van der Waals surface area contributed by atoms with Crippen molar-refractivity contribution in [2.45, 2.75) is 6.92 Å².